The molecule has 0 atom stereocenters. The molecular weight excluding hydrogens is 524 g/mol. The number of piperidine rings is 1. The van der Waals surface area contributed by atoms with E-state index in [0.29, 0.717) is 79.1 Å². The summed E-state index contributed by atoms with van der Waals surface area (Å²) in [6.45, 7) is 12.2. The molecule has 0 spiro atoms. The molecule has 5 rings (SSSR count). The molecule has 14 heteroatoms. The Labute approximate surface area is 230 Å². The summed E-state index contributed by atoms with van der Waals surface area (Å²) in [5, 5.41) is 20.9. The molecular formula is C25H27ClN10O3. The lowest BCUT2D eigenvalue weighted by Gasteiger charge is -2.44. The van der Waals surface area contributed by atoms with Gasteiger partial charge < -0.3 is 29.9 Å². The van der Waals surface area contributed by atoms with Crippen LogP contribution >= 0.6 is 11.6 Å². The number of hydrogen-bond donors (Lipinski definition) is 2. The molecule has 0 radical (unpaired) electrons. The molecule has 2 aromatic heterocycles. The van der Waals surface area contributed by atoms with Crippen molar-refractivity contribution in [2.45, 2.75) is 31.8 Å². The molecule has 13 nitrogen and oxygen atoms in total. The Morgan fingerprint density at radius 2 is 2.13 bits per heavy atom. The van der Waals surface area contributed by atoms with Crippen LogP contribution < -0.4 is 15.5 Å². The van der Waals surface area contributed by atoms with Crippen molar-refractivity contribution in [3.63, 3.8) is 0 Å². The number of carbonyl (C=O) groups is 1. The highest BCUT2D eigenvalue weighted by Gasteiger charge is 2.37. The van der Waals surface area contributed by atoms with E-state index < -0.39 is 0 Å². The summed E-state index contributed by atoms with van der Waals surface area (Å²) >= 11 is 6.88. The Bertz CT molecular complexity index is 1470. The molecule has 2 saturated heterocycles. The molecule has 0 saturated carbocycles. The van der Waals surface area contributed by atoms with E-state index in [1.54, 1.807) is 17.0 Å². The summed E-state index contributed by atoms with van der Waals surface area (Å²) in [5.41, 5.74) is 2.01. The zero-order chi connectivity index (χ0) is 27.5. The molecule has 2 aliphatic heterocycles. The second kappa shape index (κ2) is 11.2. The number of rotatable bonds is 7. The second-order valence-electron chi connectivity index (χ2n) is 9.16. The van der Waals surface area contributed by atoms with Crippen LogP contribution in [0.2, 0.25) is 5.02 Å². The molecule has 4 heterocycles. The zero-order valence-corrected chi connectivity index (χ0v) is 22.3. The summed E-state index contributed by atoms with van der Waals surface area (Å²) < 4.78 is 11.7. The summed E-state index contributed by atoms with van der Waals surface area (Å²) in [5.74, 6) is 0.899. The van der Waals surface area contributed by atoms with Crippen LogP contribution in [0.15, 0.2) is 18.3 Å². The maximum atomic E-state index is 12.5. The van der Waals surface area contributed by atoms with Crippen LogP contribution in [0.3, 0.4) is 0 Å². The Kier molecular flexibility index (Phi) is 7.54. The molecule has 202 valence electrons. The van der Waals surface area contributed by atoms with Crippen LogP contribution in [0.5, 0.6) is 0 Å². The van der Waals surface area contributed by atoms with E-state index in [-0.39, 0.29) is 29.9 Å². The number of nitriles is 1. The average molecular weight is 551 g/mol. The third kappa shape index (κ3) is 5.06. The van der Waals surface area contributed by atoms with Gasteiger partial charge in [-0.3, -0.25) is 4.90 Å². The number of carbonyl (C=O) groups excluding carboxylic acids is 1. The van der Waals surface area contributed by atoms with Crippen molar-refractivity contribution in [3.8, 4) is 6.07 Å². The highest BCUT2D eigenvalue weighted by atomic mass is 35.5. The molecule has 3 aromatic rings. The summed E-state index contributed by atoms with van der Waals surface area (Å²) in [4.78, 5) is 28.6. The molecule has 2 fully saturated rings. The van der Waals surface area contributed by atoms with Crippen LogP contribution in [-0.2, 0) is 9.47 Å². The fourth-order valence-corrected chi connectivity index (χ4v) is 5.15. The molecule has 1 aromatic carbocycles. The number of imidazole rings is 1. The Hall–Kier alpha value is -4.33. The first-order chi connectivity index (χ1) is 19.0. The summed E-state index contributed by atoms with van der Waals surface area (Å²) in [7, 11) is 1.39. The lowest BCUT2D eigenvalue weighted by Crippen LogP contribution is -2.58. The first-order valence-electron chi connectivity index (χ1n) is 12.5. The number of methoxy groups -OCH3 is 1. The number of hydrogen-bond acceptors (Lipinski definition) is 10. The van der Waals surface area contributed by atoms with Crippen LogP contribution in [0.25, 0.3) is 10.5 Å². The van der Waals surface area contributed by atoms with Gasteiger partial charge in [-0.2, -0.15) is 10.2 Å². The van der Waals surface area contributed by atoms with Gasteiger partial charge in [0.15, 0.2) is 5.82 Å². The third-order valence-electron chi connectivity index (χ3n) is 6.83. The second-order valence-corrected chi connectivity index (χ2v) is 9.54. The van der Waals surface area contributed by atoms with Gasteiger partial charge >= 0.3 is 6.09 Å². The Balaban J connectivity index is 1.41. The van der Waals surface area contributed by atoms with E-state index >= 15 is 0 Å². The minimum Gasteiger partial charge on any atom is -0.453 e. The van der Waals surface area contributed by atoms with Crippen molar-refractivity contribution in [1.29, 1.82) is 5.26 Å². The van der Waals surface area contributed by atoms with Gasteiger partial charge in [-0.25, -0.2) is 9.78 Å². The predicted octanol–water partition coefficient (Wildman–Crippen LogP) is 3.81. The third-order valence-corrected chi connectivity index (χ3v) is 7.23. The van der Waals surface area contributed by atoms with E-state index in [1.807, 2.05) is 6.92 Å². The number of benzene rings is 1. The SMILES string of the molecule is [C-]#[N+]c1cnc2c(NCC)nc(Nc3cc(C#N)cc(N4CCC(N(C(=O)OC)C5COC5)CC4)c3Cl)nn12. The van der Waals surface area contributed by atoms with Gasteiger partial charge in [0.1, 0.15) is 0 Å². The van der Waals surface area contributed by atoms with Gasteiger partial charge in [0, 0.05) is 25.7 Å². The molecule has 1 amide bonds. The largest absolute Gasteiger partial charge is 0.453 e. The predicted molar refractivity (Wildman–Crippen MR) is 145 cm³/mol. The van der Waals surface area contributed by atoms with Crippen molar-refractivity contribution in [3.05, 3.63) is 40.3 Å². The highest BCUT2D eigenvalue weighted by molar-refractivity contribution is 6.36. The van der Waals surface area contributed by atoms with Crippen molar-refractivity contribution < 1.29 is 14.3 Å². The molecule has 39 heavy (non-hydrogen) atoms. The van der Waals surface area contributed by atoms with E-state index in [0.717, 1.165) is 0 Å². The van der Waals surface area contributed by atoms with Gasteiger partial charge in [-0.15, -0.1) is 4.52 Å². The van der Waals surface area contributed by atoms with Gasteiger partial charge in [0.05, 0.1) is 60.6 Å². The van der Waals surface area contributed by atoms with Gasteiger partial charge in [0.2, 0.25) is 0 Å². The lowest BCUT2D eigenvalue weighted by molar-refractivity contribution is -0.0731. The fraction of sp³-hybridized carbons (Fsp3) is 0.440. The topological polar surface area (TPSA) is 137 Å². The first-order valence-corrected chi connectivity index (χ1v) is 12.9. The molecule has 0 unspecified atom stereocenters. The van der Waals surface area contributed by atoms with Crippen molar-refractivity contribution in [2.75, 3.05) is 55.5 Å². The average Bonchev–Trinajstić information content (AvgIpc) is 3.35. The lowest BCUT2D eigenvalue weighted by atomic mass is 10.00. The summed E-state index contributed by atoms with van der Waals surface area (Å²) in [6.07, 6.45) is 2.53. The summed E-state index contributed by atoms with van der Waals surface area (Å²) in [6, 6.07) is 5.64. The quantitative estimate of drug-likeness (QED) is 0.418. The van der Waals surface area contributed by atoms with Crippen LogP contribution in [-0.4, -0.2) is 82.6 Å². The molecule has 2 N–H and O–H groups in total. The zero-order valence-electron chi connectivity index (χ0n) is 21.5. The normalized spacial score (nSPS) is 15.8. The minimum absolute atomic E-state index is 0.0227. The van der Waals surface area contributed by atoms with E-state index in [1.165, 1.54) is 17.8 Å². The number of nitrogens with one attached hydrogen (secondary N) is 2. The Morgan fingerprint density at radius 1 is 1.36 bits per heavy atom. The first kappa shape index (κ1) is 26.3. The van der Waals surface area contributed by atoms with Crippen LogP contribution in [0.4, 0.5) is 33.8 Å². The Morgan fingerprint density at radius 3 is 2.74 bits per heavy atom. The van der Waals surface area contributed by atoms with Gasteiger partial charge in [0.25, 0.3) is 17.4 Å². The van der Waals surface area contributed by atoms with Gasteiger partial charge in [-0.1, -0.05) is 23.3 Å². The number of halogens is 1. The van der Waals surface area contributed by atoms with Crippen LogP contribution in [0, 0.1) is 17.9 Å². The molecule has 0 bridgehead atoms. The number of ether oxygens (including phenoxy) is 2. The monoisotopic (exact) mass is 550 g/mol. The maximum absolute atomic E-state index is 12.5. The standard InChI is InChI=1S/C25H27ClN10O3/c1-4-29-22-23-30-12-20(28-2)36(23)33-24(32-22)31-18-9-15(11-27)10-19(21(18)26)34-7-5-16(6-8-34)35(25(37)38-3)17-13-39-14-17/h9-10,12,16-17H,4-8,13-14H2,1,3H3,(H2,29,31,32,33). The number of fused-ring (bicyclic) bond motifs is 1. The van der Waals surface area contributed by atoms with E-state index in [2.05, 4.69) is 41.5 Å². The maximum Gasteiger partial charge on any atom is 0.410 e. The van der Waals surface area contributed by atoms with E-state index in [4.69, 9.17) is 27.6 Å². The van der Waals surface area contributed by atoms with Crippen molar-refractivity contribution in [2.24, 2.45) is 0 Å². The van der Waals surface area contributed by atoms with Crippen LogP contribution in [0.1, 0.15) is 25.3 Å². The van der Waals surface area contributed by atoms with Crippen molar-refractivity contribution in [1.82, 2.24) is 24.5 Å². The molecule has 2 aliphatic rings. The van der Waals surface area contributed by atoms with Gasteiger partial charge in [-0.05, 0) is 31.9 Å². The number of anilines is 4. The smallest absolute Gasteiger partial charge is 0.410 e. The number of nitrogens with zero attached hydrogens (tertiary/aromatic N) is 8. The number of amides is 1. The molecule has 0 aliphatic carbocycles. The van der Waals surface area contributed by atoms with E-state index in [9.17, 15) is 10.1 Å². The van der Waals surface area contributed by atoms with Crippen molar-refractivity contribution >= 4 is 52.3 Å². The highest BCUT2D eigenvalue weighted by Crippen LogP contribution is 2.38. The number of aromatic nitrogens is 4. The minimum atomic E-state index is -0.342. The fourth-order valence-electron chi connectivity index (χ4n) is 4.87.